The van der Waals surface area contributed by atoms with Crippen LogP contribution < -0.4 is 4.74 Å². The summed E-state index contributed by atoms with van der Waals surface area (Å²) < 4.78 is 19.4. The molecule has 0 amide bonds. The summed E-state index contributed by atoms with van der Waals surface area (Å²) in [6.07, 6.45) is 0.288. The maximum atomic E-state index is 13.4. The first-order valence-electron chi connectivity index (χ1n) is 9.13. The average Bonchev–Trinajstić information content (AvgIpc) is 3.08. The van der Waals surface area contributed by atoms with Crippen LogP contribution in [0.15, 0.2) is 42.5 Å². The summed E-state index contributed by atoms with van der Waals surface area (Å²) in [5, 5.41) is 30.5. The molecule has 2 aromatic rings. The Labute approximate surface area is 156 Å². The highest BCUT2D eigenvalue weighted by atomic mass is 19.1. The van der Waals surface area contributed by atoms with E-state index in [0.717, 1.165) is 12.2 Å². The molecule has 1 aliphatic heterocycles. The molecule has 1 aromatic heterocycles. The lowest BCUT2D eigenvalue weighted by molar-refractivity contribution is 0.0176. The van der Waals surface area contributed by atoms with Gasteiger partial charge in [-0.05, 0) is 30.7 Å². The Morgan fingerprint density at radius 3 is 2.74 bits per heavy atom. The number of nitrogens with zero attached hydrogens (tertiary/aromatic N) is 2. The van der Waals surface area contributed by atoms with Crippen LogP contribution in [0.1, 0.15) is 24.6 Å². The molecule has 3 N–H and O–H groups in total. The number of aliphatic hydroxyl groups is 2. The van der Waals surface area contributed by atoms with Crippen LogP contribution >= 0.6 is 0 Å². The predicted octanol–water partition coefficient (Wildman–Crippen LogP) is 1.86. The first kappa shape index (κ1) is 18.2. The minimum Gasteiger partial charge on any atom is -0.504 e. The SMILES string of the molecule is Oc1ccc(C(O)CN2C[C@@H]3C[C@@H](Oc4ccccc4)C[C@]3(O)C2)nc1F. The molecule has 2 heterocycles. The van der Waals surface area contributed by atoms with E-state index in [9.17, 15) is 19.7 Å². The maximum absolute atomic E-state index is 13.4. The molecule has 1 saturated heterocycles. The minimum atomic E-state index is -0.996. The Morgan fingerprint density at radius 2 is 2.04 bits per heavy atom. The van der Waals surface area contributed by atoms with Crippen LogP contribution in [0, 0.1) is 11.9 Å². The van der Waals surface area contributed by atoms with Crippen molar-refractivity contribution in [2.45, 2.75) is 30.7 Å². The second kappa shape index (κ2) is 7.07. The number of hydrogen-bond donors (Lipinski definition) is 3. The van der Waals surface area contributed by atoms with E-state index in [2.05, 4.69) is 4.98 Å². The summed E-state index contributed by atoms with van der Waals surface area (Å²) in [5.41, 5.74) is -0.674. The number of benzene rings is 1. The number of pyridine rings is 1. The molecule has 144 valence electrons. The third-order valence-corrected chi connectivity index (χ3v) is 5.53. The van der Waals surface area contributed by atoms with Gasteiger partial charge in [0.25, 0.3) is 5.95 Å². The second-order valence-electron chi connectivity index (χ2n) is 7.55. The van der Waals surface area contributed by atoms with Crippen LogP contribution in [-0.4, -0.2) is 56.5 Å². The quantitative estimate of drug-likeness (QED) is 0.693. The number of aromatic nitrogens is 1. The number of hydrogen-bond acceptors (Lipinski definition) is 6. The van der Waals surface area contributed by atoms with Gasteiger partial charge in [-0.25, -0.2) is 4.98 Å². The van der Waals surface area contributed by atoms with Gasteiger partial charge in [-0.15, -0.1) is 0 Å². The number of ether oxygens (including phenoxy) is 1. The Balaban J connectivity index is 1.35. The molecule has 4 atom stereocenters. The first-order valence-corrected chi connectivity index (χ1v) is 9.13. The van der Waals surface area contributed by atoms with Gasteiger partial charge in [0.1, 0.15) is 18.0 Å². The Hall–Kier alpha value is -2.22. The molecule has 1 aliphatic carbocycles. The summed E-state index contributed by atoms with van der Waals surface area (Å²) >= 11 is 0. The zero-order valence-electron chi connectivity index (χ0n) is 14.8. The molecule has 6 nitrogen and oxygen atoms in total. The van der Waals surface area contributed by atoms with Crippen molar-refractivity contribution in [2.75, 3.05) is 19.6 Å². The van der Waals surface area contributed by atoms with Gasteiger partial charge in [0, 0.05) is 32.0 Å². The van der Waals surface area contributed by atoms with E-state index in [1.807, 2.05) is 35.2 Å². The molecular formula is C20H23FN2O4. The molecule has 0 spiro atoms. The van der Waals surface area contributed by atoms with E-state index in [1.54, 1.807) is 0 Å². The van der Waals surface area contributed by atoms with E-state index < -0.39 is 23.4 Å². The third kappa shape index (κ3) is 3.76. The highest BCUT2D eigenvalue weighted by Crippen LogP contribution is 2.43. The van der Waals surface area contributed by atoms with Crippen molar-refractivity contribution in [3.05, 3.63) is 54.1 Å². The summed E-state index contributed by atoms with van der Waals surface area (Å²) in [4.78, 5) is 5.56. The van der Waals surface area contributed by atoms with Gasteiger partial charge in [-0.3, -0.25) is 4.90 Å². The maximum Gasteiger partial charge on any atom is 0.255 e. The normalized spacial score (nSPS) is 28.9. The molecule has 2 aliphatic rings. The fourth-order valence-corrected chi connectivity index (χ4v) is 4.27. The smallest absolute Gasteiger partial charge is 0.255 e. The highest BCUT2D eigenvalue weighted by molar-refractivity contribution is 5.23. The van der Waals surface area contributed by atoms with Gasteiger partial charge in [-0.1, -0.05) is 18.2 Å². The Kier molecular flexibility index (Phi) is 4.75. The molecule has 1 aromatic carbocycles. The van der Waals surface area contributed by atoms with Crippen molar-refractivity contribution in [2.24, 2.45) is 5.92 Å². The molecule has 0 bridgehead atoms. The topological polar surface area (TPSA) is 86.1 Å². The standard InChI is InChI=1S/C20H23FN2O4/c21-19-17(24)7-6-16(22-19)18(25)11-23-10-13-8-15(9-20(13,26)12-23)27-14-4-2-1-3-5-14/h1-7,13,15,18,24-26H,8-12H2/t13-,15+,18?,20-/m0/s1. The van der Waals surface area contributed by atoms with Crippen LogP contribution in [0.25, 0.3) is 0 Å². The predicted molar refractivity (Wildman–Crippen MR) is 95.8 cm³/mol. The summed E-state index contributed by atoms with van der Waals surface area (Å²) in [6.45, 7) is 1.33. The van der Waals surface area contributed by atoms with Crippen molar-refractivity contribution < 1.29 is 24.4 Å². The van der Waals surface area contributed by atoms with Gasteiger partial charge in [0.15, 0.2) is 5.75 Å². The van der Waals surface area contributed by atoms with Gasteiger partial charge < -0.3 is 20.1 Å². The molecule has 4 rings (SSSR count). The number of likely N-dealkylation sites (tertiary alicyclic amines) is 1. The van der Waals surface area contributed by atoms with Crippen LogP contribution in [0.2, 0.25) is 0 Å². The molecule has 1 unspecified atom stereocenters. The first-order chi connectivity index (χ1) is 12.9. The van der Waals surface area contributed by atoms with Gasteiger partial charge >= 0.3 is 0 Å². The monoisotopic (exact) mass is 374 g/mol. The zero-order valence-corrected chi connectivity index (χ0v) is 14.8. The molecule has 7 heteroatoms. The molecular weight excluding hydrogens is 351 g/mol. The highest BCUT2D eigenvalue weighted by Gasteiger charge is 2.52. The van der Waals surface area contributed by atoms with E-state index in [0.29, 0.717) is 19.5 Å². The zero-order chi connectivity index (χ0) is 19.0. The second-order valence-corrected chi connectivity index (χ2v) is 7.55. The van der Waals surface area contributed by atoms with E-state index in [-0.39, 0.29) is 24.3 Å². The van der Waals surface area contributed by atoms with Crippen molar-refractivity contribution >= 4 is 0 Å². The lowest BCUT2D eigenvalue weighted by atomic mass is 9.95. The number of aromatic hydroxyl groups is 1. The number of β-amino-alcohol motifs (C(OH)–C–C–N with tert-alkyl or cyclic N) is 2. The van der Waals surface area contributed by atoms with E-state index in [4.69, 9.17) is 4.74 Å². The molecule has 1 saturated carbocycles. The molecule has 0 radical (unpaired) electrons. The summed E-state index contributed by atoms with van der Waals surface area (Å²) in [7, 11) is 0. The lowest BCUT2D eigenvalue weighted by Crippen LogP contribution is -2.36. The van der Waals surface area contributed by atoms with Crippen molar-refractivity contribution in [1.29, 1.82) is 0 Å². The lowest BCUT2D eigenvalue weighted by Gasteiger charge is -2.24. The van der Waals surface area contributed by atoms with E-state index >= 15 is 0 Å². The number of rotatable bonds is 5. The van der Waals surface area contributed by atoms with Gasteiger partial charge in [0.2, 0.25) is 0 Å². The third-order valence-electron chi connectivity index (χ3n) is 5.53. The minimum absolute atomic E-state index is 0.0256. The van der Waals surface area contributed by atoms with Gasteiger partial charge in [-0.2, -0.15) is 4.39 Å². The van der Waals surface area contributed by atoms with Crippen molar-refractivity contribution in [3.8, 4) is 11.5 Å². The van der Waals surface area contributed by atoms with Crippen LogP contribution in [0.5, 0.6) is 11.5 Å². The summed E-state index contributed by atoms with van der Waals surface area (Å²) in [6, 6.07) is 12.2. The number of halogens is 1. The fraction of sp³-hybridized carbons (Fsp3) is 0.450. The fourth-order valence-electron chi connectivity index (χ4n) is 4.27. The summed E-state index contributed by atoms with van der Waals surface area (Å²) in [5.74, 6) is -0.661. The molecule has 2 fully saturated rings. The van der Waals surface area contributed by atoms with Crippen LogP contribution in [0.4, 0.5) is 4.39 Å². The van der Waals surface area contributed by atoms with Crippen LogP contribution in [0.3, 0.4) is 0 Å². The largest absolute Gasteiger partial charge is 0.504 e. The Morgan fingerprint density at radius 1 is 1.26 bits per heavy atom. The van der Waals surface area contributed by atoms with Crippen molar-refractivity contribution in [1.82, 2.24) is 9.88 Å². The number of fused-ring (bicyclic) bond motifs is 1. The van der Waals surface area contributed by atoms with Gasteiger partial charge in [0.05, 0.1) is 11.3 Å². The number of aliphatic hydroxyl groups excluding tert-OH is 1. The number of para-hydroxylation sites is 1. The molecule has 27 heavy (non-hydrogen) atoms. The van der Waals surface area contributed by atoms with Crippen LogP contribution in [-0.2, 0) is 0 Å². The van der Waals surface area contributed by atoms with Crippen molar-refractivity contribution in [3.63, 3.8) is 0 Å². The average molecular weight is 374 g/mol. The Bertz CT molecular complexity index is 806. The van der Waals surface area contributed by atoms with E-state index in [1.165, 1.54) is 12.1 Å².